The van der Waals surface area contributed by atoms with Gasteiger partial charge in [-0.25, -0.2) is 4.79 Å². The van der Waals surface area contributed by atoms with Crippen LogP contribution >= 0.6 is 0 Å². The third-order valence-electron chi connectivity index (χ3n) is 1.90. The van der Waals surface area contributed by atoms with Gasteiger partial charge < -0.3 is 5.73 Å². The molecule has 0 radical (unpaired) electrons. The molecule has 0 aliphatic rings. The number of nitrogens with zero attached hydrogens (tertiary/aromatic N) is 1. The molecule has 0 saturated heterocycles. The van der Waals surface area contributed by atoms with E-state index in [9.17, 15) is 4.79 Å². The maximum Gasteiger partial charge on any atom is 0.438 e. The summed E-state index contributed by atoms with van der Waals surface area (Å²) in [6, 6.07) is 7.41. The van der Waals surface area contributed by atoms with Crippen molar-refractivity contribution in [2.75, 3.05) is 5.73 Å². The predicted molar refractivity (Wildman–Crippen MR) is 50.8 cm³/mol. The number of hydrogen-bond acceptors (Lipinski definition) is 4. The molecular weight excluding hydrogens is 182 g/mol. The van der Waals surface area contributed by atoms with Gasteiger partial charge >= 0.3 is 5.76 Å². The number of anilines is 1. The van der Waals surface area contributed by atoms with Crippen LogP contribution in [-0.2, 0) is 6.42 Å². The van der Waals surface area contributed by atoms with Gasteiger partial charge in [-0.15, -0.1) is 0 Å². The number of aromatic nitrogens is 2. The average Bonchev–Trinajstić information content (AvgIpc) is 2.56. The Morgan fingerprint density at radius 1 is 1.43 bits per heavy atom. The van der Waals surface area contributed by atoms with Crippen LogP contribution in [0.2, 0.25) is 0 Å². The lowest BCUT2D eigenvalue weighted by molar-refractivity contribution is 0.382. The van der Waals surface area contributed by atoms with Crippen LogP contribution in [-0.4, -0.2) is 10.1 Å². The molecule has 0 amide bonds. The highest BCUT2D eigenvalue weighted by Crippen LogP contribution is 2.12. The van der Waals surface area contributed by atoms with Gasteiger partial charge in [0.2, 0.25) is 0 Å². The summed E-state index contributed by atoms with van der Waals surface area (Å²) in [5.74, 6) is -0.0672. The minimum Gasteiger partial charge on any atom is -0.398 e. The molecule has 2 aromatic rings. The van der Waals surface area contributed by atoms with Crippen molar-refractivity contribution in [3.63, 3.8) is 0 Å². The van der Waals surface area contributed by atoms with E-state index in [1.165, 1.54) is 0 Å². The van der Waals surface area contributed by atoms with Gasteiger partial charge in [-0.05, 0) is 11.6 Å². The lowest BCUT2D eigenvalue weighted by atomic mass is 10.1. The highest BCUT2D eigenvalue weighted by Gasteiger charge is 2.03. The number of H-pyrrole nitrogens is 1. The van der Waals surface area contributed by atoms with Crippen molar-refractivity contribution in [1.29, 1.82) is 0 Å². The van der Waals surface area contributed by atoms with E-state index in [0.29, 0.717) is 17.9 Å². The molecule has 0 unspecified atom stereocenters. The number of nitrogens with two attached hydrogens (primary N) is 1. The molecule has 0 aliphatic heterocycles. The molecule has 5 nitrogen and oxygen atoms in total. The first-order valence-electron chi connectivity index (χ1n) is 4.14. The first-order valence-corrected chi connectivity index (χ1v) is 4.14. The molecule has 0 atom stereocenters. The minimum absolute atomic E-state index is 0.471. The van der Waals surface area contributed by atoms with E-state index in [1.807, 2.05) is 18.2 Å². The van der Waals surface area contributed by atoms with Gasteiger partial charge in [0, 0.05) is 12.1 Å². The van der Waals surface area contributed by atoms with Gasteiger partial charge in [0.05, 0.1) is 0 Å². The van der Waals surface area contributed by atoms with Crippen LogP contribution in [0.3, 0.4) is 0 Å². The summed E-state index contributed by atoms with van der Waals surface area (Å²) in [6.07, 6.45) is 0.471. The predicted octanol–water partition coefficient (Wildman–Crippen LogP) is 0.536. The Hall–Kier alpha value is -2.04. The third-order valence-corrected chi connectivity index (χ3v) is 1.90. The van der Waals surface area contributed by atoms with E-state index < -0.39 is 5.76 Å². The topological polar surface area (TPSA) is 84.9 Å². The highest BCUT2D eigenvalue weighted by molar-refractivity contribution is 5.47. The van der Waals surface area contributed by atoms with Gasteiger partial charge in [-0.2, -0.15) is 0 Å². The number of hydrogen-bond donors (Lipinski definition) is 2. The number of nitrogens with one attached hydrogen (secondary N) is 1. The summed E-state index contributed by atoms with van der Waals surface area (Å²) in [7, 11) is 0. The SMILES string of the molecule is Nc1ccccc1Cc1noc(=O)[nH]1. The van der Waals surface area contributed by atoms with Crippen molar-refractivity contribution >= 4 is 5.69 Å². The Morgan fingerprint density at radius 2 is 2.21 bits per heavy atom. The zero-order valence-electron chi connectivity index (χ0n) is 7.36. The second-order valence-electron chi connectivity index (χ2n) is 2.92. The second kappa shape index (κ2) is 3.37. The largest absolute Gasteiger partial charge is 0.438 e. The summed E-state index contributed by atoms with van der Waals surface area (Å²) in [5.41, 5.74) is 7.32. The Morgan fingerprint density at radius 3 is 2.86 bits per heavy atom. The molecule has 1 aromatic carbocycles. The molecule has 72 valence electrons. The Balaban J connectivity index is 2.27. The van der Waals surface area contributed by atoms with E-state index in [-0.39, 0.29) is 0 Å². The van der Waals surface area contributed by atoms with Gasteiger partial charge in [-0.1, -0.05) is 23.4 Å². The van der Waals surface area contributed by atoms with Crippen molar-refractivity contribution in [1.82, 2.24) is 10.1 Å². The standard InChI is InChI=1S/C9H9N3O2/c10-7-4-2-1-3-6(7)5-8-11-9(13)14-12-8/h1-4H,5,10H2,(H,11,12,13). The fourth-order valence-electron chi connectivity index (χ4n) is 1.21. The van der Waals surface area contributed by atoms with E-state index in [2.05, 4.69) is 14.7 Å². The van der Waals surface area contributed by atoms with Crippen molar-refractivity contribution in [3.8, 4) is 0 Å². The van der Waals surface area contributed by atoms with E-state index in [1.54, 1.807) is 6.07 Å². The third kappa shape index (κ3) is 1.66. The molecular formula is C9H9N3O2. The zero-order chi connectivity index (χ0) is 9.97. The minimum atomic E-state index is -0.547. The van der Waals surface area contributed by atoms with Gasteiger partial charge in [0.1, 0.15) is 0 Å². The van der Waals surface area contributed by atoms with Crippen LogP contribution in [0.15, 0.2) is 33.6 Å². The second-order valence-corrected chi connectivity index (χ2v) is 2.92. The first-order chi connectivity index (χ1) is 6.75. The molecule has 0 fully saturated rings. The van der Waals surface area contributed by atoms with Crippen LogP contribution in [0.5, 0.6) is 0 Å². The number of aromatic amines is 1. The Bertz CT molecular complexity index is 487. The fourth-order valence-corrected chi connectivity index (χ4v) is 1.21. The van der Waals surface area contributed by atoms with Crippen molar-refractivity contribution < 1.29 is 4.52 Å². The van der Waals surface area contributed by atoms with Crippen LogP contribution in [0.1, 0.15) is 11.4 Å². The Kier molecular flexibility index (Phi) is 2.06. The molecule has 5 heteroatoms. The maximum atomic E-state index is 10.6. The summed E-state index contributed by atoms with van der Waals surface area (Å²) < 4.78 is 4.37. The van der Waals surface area contributed by atoms with Crippen LogP contribution < -0.4 is 11.5 Å². The normalized spacial score (nSPS) is 10.3. The molecule has 3 N–H and O–H groups in total. The molecule has 2 rings (SSSR count). The van der Waals surface area contributed by atoms with E-state index >= 15 is 0 Å². The summed E-state index contributed by atoms with van der Waals surface area (Å²) in [4.78, 5) is 13.1. The Labute approximate surface area is 79.5 Å². The molecule has 1 aromatic heterocycles. The molecule has 0 aliphatic carbocycles. The number of rotatable bonds is 2. The lowest BCUT2D eigenvalue weighted by Crippen LogP contribution is -2.00. The number of benzene rings is 1. The first kappa shape index (κ1) is 8.55. The van der Waals surface area contributed by atoms with Crippen LogP contribution in [0.4, 0.5) is 5.69 Å². The van der Waals surface area contributed by atoms with Crippen LogP contribution in [0, 0.1) is 0 Å². The zero-order valence-corrected chi connectivity index (χ0v) is 7.36. The molecule has 0 saturated carbocycles. The molecule has 0 spiro atoms. The van der Waals surface area contributed by atoms with Crippen LogP contribution in [0.25, 0.3) is 0 Å². The van der Waals surface area contributed by atoms with Crippen molar-refractivity contribution in [3.05, 3.63) is 46.2 Å². The van der Waals surface area contributed by atoms with Gasteiger partial charge in [0.15, 0.2) is 5.82 Å². The summed E-state index contributed by atoms with van der Waals surface area (Å²) in [6.45, 7) is 0. The number of para-hydroxylation sites is 1. The van der Waals surface area contributed by atoms with Gasteiger partial charge in [0.25, 0.3) is 0 Å². The average molecular weight is 191 g/mol. The molecule has 1 heterocycles. The summed E-state index contributed by atoms with van der Waals surface area (Å²) >= 11 is 0. The molecule has 0 bridgehead atoms. The van der Waals surface area contributed by atoms with Gasteiger partial charge in [-0.3, -0.25) is 9.51 Å². The molecule has 14 heavy (non-hydrogen) atoms. The van der Waals surface area contributed by atoms with Crippen molar-refractivity contribution in [2.45, 2.75) is 6.42 Å². The fraction of sp³-hybridized carbons (Fsp3) is 0.111. The lowest BCUT2D eigenvalue weighted by Gasteiger charge is -2.00. The summed E-state index contributed by atoms with van der Waals surface area (Å²) in [5, 5.41) is 3.55. The van der Waals surface area contributed by atoms with E-state index in [4.69, 9.17) is 5.73 Å². The van der Waals surface area contributed by atoms with Crippen molar-refractivity contribution in [2.24, 2.45) is 0 Å². The smallest absolute Gasteiger partial charge is 0.398 e. The van der Waals surface area contributed by atoms with E-state index in [0.717, 1.165) is 5.56 Å². The quantitative estimate of drug-likeness (QED) is 0.678. The number of nitrogen functional groups attached to an aromatic ring is 1. The maximum absolute atomic E-state index is 10.6. The highest BCUT2D eigenvalue weighted by atomic mass is 16.5. The monoisotopic (exact) mass is 191 g/mol.